The zero-order valence-corrected chi connectivity index (χ0v) is 29.4. The third-order valence-electron chi connectivity index (χ3n) is 11.6. The number of carbonyl (C=O) groups excluding carboxylic acids is 3. The zero-order chi connectivity index (χ0) is 35.7. The molecule has 14 heteroatoms. The van der Waals surface area contributed by atoms with Gasteiger partial charge in [0.25, 0.3) is 5.91 Å². The van der Waals surface area contributed by atoms with Gasteiger partial charge in [-0.1, -0.05) is 24.3 Å². The summed E-state index contributed by atoms with van der Waals surface area (Å²) in [5, 5.41) is 13.7. The summed E-state index contributed by atoms with van der Waals surface area (Å²) in [7, 11) is 3.60. The number of nitrogens with zero attached hydrogens (tertiary/aromatic N) is 7. The summed E-state index contributed by atoms with van der Waals surface area (Å²) in [4.78, 5) is 60.0. The van der Waals surface area contributed by atoms with E-state index in [9.17, 15) is 19.2 Å². The topological polar surface area (TPSA) is 151 Å². The number of aromatic nitrogens is 5. The molecule has 3 fully saturated rings. The van der Waals surface area contributed by atoms with Crippen molar-refractivity contribution >= 4 is 51.6 Å². The summed E-state index contributed by atoms with van der Waals surface area (Å²) in [5.41, 5.74) is 6.70. The van der Waals surface area contributed by atoms with E-state index < -0.39 is 11.9 Å². The van der Waals surface area contributed by atoms with E-state index >= 15 is 0 Å². The van der Waals surface area contributed by atoms with Crippen LogP contribution in [-0.2, 0) is 28.5 Å². The maximum absolute atomic E-state index is 13.2. The van der Waals surface area contributed by atoms with Crippen LogP contribution in [0.5, 0.6) is 0 Å². The van der Waals surface area contributed by atoms with Gasteiger partial charge >= 0.3 is 5.69 Å². The summed E-state index contributed by atoms with van der Waals surface area (Å²) in [6.45, 7) is 3.60. The molecule has 3 amide bonds. The molecule has 1 saturated carbocycles. The molecule has 5 aromatic rings. The van der Waals surface area contributed by atoms with Crippen LogP contribution in [0.3, 0.4) is 0 Å². The lowest BCUT2D eigenvalue weighted by Crippen LogP contribution is -2.45. The third-order valence-corrected chi connectivity index (χ3v) is 11.6. The fraction of sp³-hybridized carbons (Fsp3) is 0.421. The van der Waals surface area contributed by atoms with Gasteiger partial charge in [0.2, 0.25) is 11.8 Å². The van der Waals surface area contributed by atoms with Crippen molar-refractivity contribution in [3.05, 3.63) is 82.0 Å². The van der Waals surface area contributed by atoms with Gasteiger partial charge in [-0.15, -0.1) is 5.10 Å². The largest absolute Gasteiger partial charge is 0.385 e. The average Bonchev–Trinajstić information content (AvgIpc) is 3.69. The van der Waals surface area contributed by atoms with Gasteiger partial charge in [0.05, 0.1) is 22.9 Å². The second kappa shape index (κ2) is 12.3. The van der Waals surface area contributed by atoms with Gasteiger partial charge in [-0.3, -0.25) is 28.8 Å². The number of benzene rings is 2. The number of nitrogens with one attached hydrogen (secondary N) is 3. The van der Waals surface area contributed by atoms with Crippen molar-refractivity contribution in [2.75, 3.05) is 43.4 Å². The van der Waals surface area contributed by atoms with Crippen LogP contribution in [0.25, 0.3) is 16.7 Å². The summed E-state index contributed by atoms with van der Waals surface area (Å²) in [5.74, 6) is -0.0985. The van der Waals surface area contributed by atoms with Crippen molar-refractivity contribution in [3.8, 4) is 0 Å². The number of imidazole rings is 2. The summed E-state index contributed by atoms with van der Waals surface area (Å²) >= 11 is 0. The molecule has 1 atom stereocenters. The average molecular weight is 703 g/mol. The molecule has 3 N–H and O–H groups in total. The van der Waals surface area contributed by atoms with Crippen molar-refractivity contribution in [3.63, 3.8) is 0 Å². The van der Waals surface area contributed by atoms with E-state index in [2.05, 4.69) is 61.1 Å². The smallest absolute Gasteiger partial charge is 0.329 e. The van der Waals surface area contributed by atoms with Gasteiger partial charge < -0.3 is 20.4 Å². The summed E-state index contributed by atoms with van der Waals surface area (Å²) in [6, 6.07) is 16.2. The van der Waals surface area contributed by atoms with E-state index in [4.69, 9.17) is 5.10 Å². The summed E-state index contributed by atoms with van der Waals surface area (Å²) in [6.07, 6.45) is 7.00. The van der Waals surface area contributed by atoms with E-state index in [1.165, 1.54) is 10.1 Å². The highest BCUT2D eigenvalue weighted by Gasteiger charge is 2.45. The molecule has 0 radical (unpaired) electrons. The number of carbonyl (C=O) groups is 3. The normalized spacial score (nSPS) is 20.1. The van der Waals surface area contributed by atoms with Crippen molar-refractivity contribution in [2.24, 2.45) is 7.05 Å². The predicted octanol–water partition coefficient (Wildman–Crippen LogP) is 3.02. The minimum atomic E-state index is -0.692. The molecule has 1 unspecified atom stereocenters. The van der Waals surface area contributed by atoms with Crippen LogP contribution < -0.4 is 26.5 Å². The second-order valence-electron chi connectivity index (χ2n) is 14.8. The lowest BCUT2D eigenvalue weighted by Gasteiger charge is -2.40. The number of para-hydroxylation sites is 1. The molecule has 1 aliphatic carbocycles. The first-order valence-corrected chi connectivity index (χ1v) is 18.2. The fourth-order valence-corrected chi connectivity index (χ4v) is 8.46. The van der Waals surface area contributed by atoms with Gasteiger partial charge in [0.15, 0.2) is 17.2 Å². The van der Waals surface area contributed by atoms with Gasteiger partial charge in [0, 0.05) is 56.8 Å². The van der Waals surface area contributed by atoms with Gasteiger partial charge in [0.1, 0.15) is 6.04 Å². The quantitative estimate of drug-likeness (QED) is 0.208. The number of imide groups is 1. The minimum absolute atomic E-state index is 0.0270. The van der Waals surface area contributed by atoms with Crippen LogP contribution in [0.15, 0.2) is 59.5 Å². The van der Waals surface area contributed by atoms with E-state index in [1.807, 2.05) is 25.2 Å². The Bertz CT molecular complexity index is 2330. The van der Waals surface area contributed by atoms with Crippen LogP contribution in [0, 0.1) is 0 Å². The highest BCUT2D eigenvalue weighted by atomic mass is 16.2. The Morgan fingerprint density at radius 2 is 1.83 bits per heavy atom. The molecular weight excluding hydrogens is 660 g/mol. The molecule has 6 heterocycles. The van der Waals surface area contributed by atoms with E-state index in [-0.39, 0.29) is 35.4 Å². The highest BCUT2D eigenvalue weighted by molar-refractivity contribution is 6.00. The number of likely N-dealkylation sites (tertiary alicyclic amines) is 1. The Morgan fingerprint density at radius 3 is 2.60 bits per heavy atom. The molecule has 0 bridgehead atoms. The molecule has 4 aliphatic rings. The van der Waals surface area contributed by atoms with Crippen molar-refractivity contribution in [1.82, 2.24) is 39.3 Å². The highest BCUT2D eigenvalue weighted by Crippen LogP contribution is 2.49. The second-order valence-corrected chi connectivity index (χ2v) is 14.8. The number of amides is 3. The number of hydrogen-bond donors (Lipinski definition) is 3. The molecule has 52 heavy (non-hydrogen) atoms. The molecule has 268 valence electrons. The lowest BCUT2D eigenvalue weighted by molar-refractivity contribution is -0.135. The van der Waals surface area contributed by atoms with Crippen LogP contribution in [0.1, 0.15) is 66.2 Å². The van der Waals surface area contributed by atoms with Crippen LogP contribution in [0.2, 0.25) is 0 Å². The molecule has 2 aromatic carbocycles. The number of rotatable bonds is 8. The third kappa shape index (κ3) is 5.35. The van der Waals surface area contributed by atoms with Crippen LogP contribution >= 0.6 is 0 Å². The minimum Gasteiger partial charge on any atom is -0.385 e. The molecular formula is C38H42N10O4. The number of hydrogen-bond acceptors (Lipinski definition) is 9. The molecule has 2 saturated heterocycles. The van der Waals surface area contributed by atoms with Gasteiger partial charge in [-0.2, -0.15) is 0 Å². The molecule has 1 spiro atoms. The molecule has 3 aliphatic heterocycles. The first kappa shape index (κ1) is 32.4. The van der Waals surface area contributed by atoms with Crippen LogP contribution in [-0.4, -0.2) is 85.6 Å². The van der Waals surface area contributed by atoms with E-state index in [1.54, 1.807) is 22.3 Å². The Morgan fingerprint density at radius 1 is 1.02 bits per heavy atom. The monoisotopic (exact) mass is 702 g/mol. The molecule has 3 aromatic heterocycles. The SMILES string of the molecule is CNc1cc(N2CC3(CCN(CCc4ccc5c(c4)n(C)c(=O)n5C4CCC(=O)NC4=O)CC3)c3ccccc32)nn2c(C(=O)NC3CC3)cnc12. The molecule has 14 nitrogen and oxygen atoms in total. The van der Waals surface area contributed by atoms with Crippen LogP contribution in [0.4, 0.5) is 17.2 Å². The first-order chi connectivity index (χ1) is 25.2. The van der Waals surface area contributed by atoms with Gasteiger partial charge in [-0.05, 0) is 80.9 Å². The number of piperidine rings is 2. The number of anilines is 3. The van der Waals surface area contributed by atoms with E-state index in [0.717, 1.165) is 86.6 Å². The maximum Gasteiger partial charge on any atom is 0.329 e. The first-order valence-electron chi connectivity index (χ1n) is 18.2. The Kier molecular flexibility index (Phi) is 7.68. The Balaban J connectivity index is 0.917. The zero-order valence-electron chi connectivity index (χ0n) is 29.4. The Hall–Kier alpha value is -5.50. The maximum atomic E-state index is 13.2. The number of fused-ring (bicyclic) bond motifs is 4. The van der Waals surface area contributed by atoms with Gasteiger partial charge in [-0.25, -0.2) is 14.3 Å². The van der Waals surface area contributed by atoms with Crippen molar-refractivity contribution in [2.45, 2.75) is 62.4 Å². The number of aryl methyl sites for hydroxylation is 1. The summed E-state index contributed by atoms with van der Waals surface area (Å²) < 4.78 is 4.80. The molecule has 9 rings (SSSR count). The lowest BCUT2D eigenvalue weighted by atomic mass is 9.74. The Labute approximate surface area is 299 Å². The predicted molar refractivity (Wildman–Crippen MR) is 196 cm³/mol. The van der Waals surface area contributed by atoms with Crippen molar-refractivity contribution < 1.29 is 14.4 Å². The standard InChI is InChI=1S/C38H42N10O4/c1-39-26-20-32(43-48-31(21-40-34(26)48)36(51)41-24-8-9-24)46-22-38(25-5-3-4-6-27(25)46)14-17-45(18-15-38)16-13-23-7-10-28-30(19-23)44(2)37(52)47(28)29-11-12-33(49)42-35(29)50/h3-7,10,19-21,24,29,39H,8-9,11-18,22H2,1-2H3,(H,41,51)(H,42,49,50). The fourth-order valence-electron chi connectivity index (χ4n) is 8.46. The van der Waals surface area contributed by atoms with Crippen molar-refractivity contribution in [1.29, 1.82) is 0 Å². The van der Waals surface area contributed by atoms with E-state index in [0.29, 0.717) is 23.3 Å².